The van der Waals surface area contributed by atoms with Gasteiger partial charge < -0.3 is 10.4 Å². The molecular formula is C18H25NO2S. The molecule has 1 aromatic carbocycles. The highest BCUT2D eigenvalue weighted by molar-refractivity contribution is 7.99. The van der Waals surface area contributed by atoms with Gasteiger partial charge in [-0.15, -0.1) is 0 Å². The summed E-state index contributed by atoms with van der Waals surface area (Å²) in [5.74, 6) is 1.02. The zero-order chi connectivity index (χ0) is 15.4. The normalized spacial score (nSPS) is 26.2. The van der Waals surface area contributed by atoms with Crippen molar-refractivity contribution in [3.63, 3.8) is 0 Å². The maximum Gasteiger partial charge on any atom is 0.320 e. The SMILES string of the molecule is O=C(O)C1CC(SCc2ccc(C3CCCCC3)cc2)CN1. The summed E-state index contributed by atoms with van der Waals surface area (Å²) in [6.45, 7) is 0.807. The van der Waals surface area contributed by atoms with Crippen molar-refractivity contribution >= 4 is 17.7 Å². The first-order chi connectivity index (χ1) is 10.7. The molecule has 1 saturated heterocycles. The van der Waals surface area contributed by atoms with Crippen molar-refractivity contribution in [3.8, 4) is 0 Å². The average molecular weight is 319 g/mol. The molecule has 2 atom stereocenters. The van der Waals surface area contributed by atoms with Crippen LogP contribution in [0, 0.1) is 0 Å². The highest BCUT2D eigenvalue weighted by Gasteiger charge is 2.29. The molecule has 3 rings (SSSR count). The lowest BCUT2D eigenvalue weighted by Crippen LogP contribution is -2.29. The van der Waals surface area contributed by atoms with Crippen molar-refractivity contribution in [2.75, 3.05) is 6.54 Å². The Morgan fingerprint density at radius 1 is 1.18 bits per heavy atom. The Morgan fingerprint density at radius 2 is 1.91 bits per heavy atom. The molecule has 120 valence electrons. The predicted molar refractivity (Wildman–Crippen MR) is 91.4 cm³/mol. The molecule has 22 heavy (non-hydrogen) atoms. The van der Waals surface area contributed by atoms with E-state index in [1.807, 2.05) is 11.8 Å². The largest absolute Gasteiger partial charge is 0.480 e. The maximum atomic E-state index is 10.9. The minimum Gasteiger partial charge on any atom is -0.480 e. The minimum atomic E-state index is -0.722. The van der Waals surface area contributed by atoms with E-state index in [0.29, 0.717) is 5.25 Å². The van der Waals surface area contributed by atoms with E-state index in [1.54, 1.807) is 0 Å². The van der Waals surface area contributed by atoms with Crippen LogP contribution in [0.2, 0.25) is 0 Å². The van der Waals surface area contributed by atoms with Crippen LogP contribution in [0.25, 0.3) is 0 Å². The van der Waals surface area contributed by atoms with E-state index in [9.17, 15) is 4.79 Å². The average Bonchev–Trinajstić information content (AvgIpc) is 3.04. The standard InChI is InChI=1S/C18H25NO2S/c20-18(21)17-10-16(11-19-17)22-12-13-6-8-15(9-7-13)14-4-2-1-3-5-14/h6-9,14,16-17,19H,1-5,10-12H2,(H,20,21). The van der Waals surface area contributed by atoms with E-state index in [-0.39, 0.29) is 6.04 Å². The highest BCUT2D eigenvalue weighted by Crippen LogP contribution is 2.33. The first kappa shape index (κ1) is 15.9. The van der Waals surface area contributed by atoms with Crippen molar-refractivity contribution in [2.45, 2.75) is 61.5 Å². The number of carboxylic acid groups (broad SMARTS) is 1. The number of hydrogen-bond donors (Lipinski definition) is 2. The molecule has 1 aromatic rings. The van der Waals surface area contributed by atoms with Gasteiger partial charge in [0.15, 0.2) is 0 Å². The lowest BCUT2D eigenvalue weighted by Gasteiger charge is -2.22. The van der Waals surface area contributed by atoms with E-state index in [0.717, 1.165) is 24.6 Å². The first-order valence-corrected chi connectivity index (χ1v) is 9.44. The summed E-state index contributed by atoms with van der Waals surface area (Å²) in [4.78, 5) is 10.9. The quantitative estimate of drug-likeness (QED) is 0.867. The van der Waals surface area contributed by atoms with Gasteiger partial charge in [-0.2, -0.15) is 11.8 Å². The lowest BCUT2D eigenvalue weighted by atomic mass is 9.84. The van der Waals surface area contributed by atoms with Crippen LogP contribution >= 0.6 is 11.8 Å². The van der Waals surface area contributed by atoms with Gasteiger partial charge in [-0.1, -0.05) is 43.5 Å². The molecule has 3 nitrogen and oxygen atoms in total. The summed E-state index contributed by atoms with van der Waals surface area (Å²) in [6, 6.07) is 8.77. The predicted octanol–water partition coefficient (Wildman–Crippen LogP) is 3.78. The van der Waals surface area contributed by atoms with Gasteiger partial charge in [-0.25, -0.2) is 0 Å². The third-order valence-corrected chi connectivity index (χ3v) is 6.26. The molecule has 2 N–H and O–H groups in total. The Labute approximate surface area is 136 Å². The number of carboxylic acids is 1. The molecule has 0 aromatic heterocycles. The first-order valence-electron chi connectivity index (χ1n) is 8.39. The van der Waals surface area contributed by atoms with Gasteiger partial charge in [0.1, 0.15) is 6.04 Å². The van der Waals surface area contributed by atoms with Crippen LogP contribution in [-0.4, -0.2) is 28.9 Å². The number of nitrogens with one attached hydrogen (secondary N) is 1. The van der Waals surface area contributed by atoms with Crippen LogP contribution in [0.4, 0.5) is 0 Å². The number of hydrogen-bond acceptors (Lipinski definition) is 3. The van der Waals surface area contributed by atoms with E-state index in [1.165, 1.54) is 43.2 Å². The second-order valence-electron chi connectivity index (χ2n) is 6.54. The van der Waals surface area contributed by atoms with E-state index in [4.69, 9.17) is 5.11 Å². The molecule has 2 unspecified atom stereocenters. The molecular weight excluding hydrogens is 294 g/mol. The molecule has 1 saturated carbocycles. The Hall–Kier alpha value is -1.00. The summed E-state index contributed by atoms with van der Waals surface area (Å²) < 4.78 is 0. The zero-order valence-electron chi connectivity index (χ0n) is 13.0. The van der Waals surface area contributed by atoms with Crippen LogP contribution in [0.5, 0.6) is 0 Å². The van der Waals surface area contributed by atoms with Gasteiger partial charge in [0.2, 0.25) is 0 Å². The zero-order valence-corrected chi connectivity index (χ0v) is 13.8. The van der Waals surface area contributed by atoms with Gasteiger partial charge >= 0.3 is 5.97 Å². The molecule has 1 heterocycles. The van der Waals surface area contributed by atoms with Gasteiger partial charge in [0.05, 0.1) is 0 Å². The fraction of sp³-hybridized carbons (Fsp3) is 0.611. The van der Waals surface area contributed by atoms with Crippen molar-refractivity contribution < 1.29 is 9.90 Å². The number of carbonyl (C=O) groups is 1. The number of benzene rings is 1. The van der Waals surface area contributed by atoms with Gasteiger partial charge in [0, 0.05) is 17.5 Å². The molecule has 0 spiro atoms. The molecule has 0 amide bonds. The van der Waals surface area contributed by atoms with E-state index < -0.39 is 5.97 Å². The summed E-state index contributed by atoms with van der Waals surface area (Å²) >= 11 is 1.87. The van der Waals surface area contributed by atoms with Crippen molar-refractivity contribution in [1.82, 2.24) is 5.32 Å². The lowest BCUT2D eigenvalue weighted by molar-refractivity contribution is -0.139. The number of thioether (sulfide) groups is 1. The highest BCUT2D eigenvalue weighted by atomic mass is 32.2. The second kappa shape index (κ2) is 7.51. The van der Waals surface area contributed by atoms with E-state index >= 15 is 0 Å². The van der Waals surface area contributed by atoms with Crippen LogP contribution < -0.4 is 5.32 Å². The fourth-order valence-electron chi connectivity index (χ4n) is 3.55. The molecule has 1 aliphatic heterocycles. The van der Waals surface area contributed by atoms with Gasteiger partial charge in [-0.3, -0.25) is 4.79 Å². The van der Waals surface area contributed by atoms with Crippen LogP contribution in [0.15, 0.2) is 24.3 Å². The maximum absolute atomic E-state index is 10.9. The van der Waals surface area contributed by atoms with Crippen molar-refractivity contribution in [1.29, 1.82) is 0 Å². The van der Waals surface area contributed by atoms with Crippen LogP contribution in [0.3, 0.4) is 0 Å². The second-order valence-corrected chi connectivity index (χ2v) is 7.83. The molecule has 0 bridgehead atoms. The Bertz CT molecular complexity index is 496. The van der Waals surface area contributed by atoms with Gasteiger partial charge in [-0.05, 0) is 36.3 Å². The van der Waals surface area contributed by atoms with Crippen LogP contribution in [0.1, 0.15) is 55.6 Å². The fourth-order valence-corrected chi connectivity index (χ4v) is 4.72. The Morgan fingerprint density at radius 3 is 2.55 bits per heavy atom. The summed E-state index contributed by atoms with van der Waals surface area (Å²) in [5, 5.41) is 12.5. The third-order valence-electron chi connectivity index (χ3n) is 4.93. The monoisotopic (exact) mass is 319 g/mol. The van der Waals surface area contributed by atoms with Crippen molar-refractivity contribution in [2.24, 2.45) is 0 Å². The molecule has 0 radical (unpaired) electrons. The van der Waals surface area contributed by atoms with Crippen LogP contribution in [-0.2, 0) is 10.5 Å². The Kier molecular flexibility index (Phi) is 5.42. The summed E-state index contributed by atoms with van der Waals surface area (Å²) in [6.07, 6.45) is 7.58. The minimum absolute atomic E-state index is 0.355. The Balaban J connectivity index is 1.48. The third kappa shape index (κ3) is 4.05. The molecule has 1 aliphatic carbocycles. The summed E-state index contributed by atoms with van der Waals surface area (Å²) in [5.41, 5.74) is 2.85. The number of rotatable bonds is 5. The smallest absolute Gasteiger partial charge is 0.320 e. The molecule has 4 heteroatoms. The topological polar surface area (TPSA) is 49.3 Å². The van der Waals surface area contributed by atoms with E-state index in [2.05, 4.69) is 29.6 Å². The molecule has 2 fully saturated rings. The summed E-state index contributed by atoms with van der Waals surface area (Å²) in [7, 11) is 0. The molecule has 2 aliphatic rings. The number of aliphatic carboxylic acids is 1. The van der Waals surface area contributed by atoms with Crippen molar-refractivity contribution in [3.05, 3.63) is 35.4 Å². The van der Waals surface area contributed by atoms with Gasteiger partial charge in [0.25, 0.3) is 0 Å².